The van der Waals surface area contributed by atoms with Crippen molar-refractivity contribution in [2.24, 2.45) is 0 Å². The third-order valence-electron chi connectivity index (χ3n) is 3.83. The number of thioether (sulfide) groups is 1. The number of nitrogens with one attached hydrogen (secondary N) is 1. The Morgan fingerprint density at radius 1 is 1.16 bits per heavy atom. The Morgan fingerprint density at radius 2 is 1.84 bits per heavy atom. The molecule has 2 aromatic carbocycles. The average molecular weight is 353 g/mol. The van der Waals surface area contributed by atoms with E-state index >= 15 is 0 Å². The van der Waals surface area contributed by atoms with Crippen molar-refractivity contribution in [2.75, 3.05) is 4.90 Å². The Kier molecular flexibility index (Phi) is 4.41. The molecule has 1 fully saturated rings. The molecule has 0 aliphatic carbocycles. The molecule has 3 rings (SSSR count). The molecule has 1 aliphatic rings. The molecule has 0 aromatic heterocycles. The van der Waals surface area contributed by atoms with E-state index in [1.54, 1.807) is 18.2 Å². The van der Waals surface area contributed by atoms with Crippen LogP contribution in [-0.4, -0.2) is 16.0 Å². The zero-order chi connectivity index (χ0) is 18.1. The van der Waals surface area contributed by atoms with Crippen LogP contribution in [0.3, 0.4) is 0 Å². The summed E-state index contributed by atoms with van der Waals surface area (Å²) in [7, 11) is 0. The first kappa shape index (κ1) is 16.9. The quantitative estimate of drug-likeness (QED) is 0.507. The molecule has 1 N–H and O–H groups in total. The Morgan fingerprint density at radius 3 is 2.48 bits per heavy atom. The number of hydrogen-bond acceptors (Lipinski definition) is 5. The summed E-state index contributed by atoms with van der Waals surface area (Å²) < 4.78 is 0. The fraction of sp³-hybridized carbons (Fsp3) is 0.111. The lowest BCUT2D eigenvalue weighted by Gasteiger charge is -2.17. The number of carbonyl (C=O) groups is 1. The minimum Gasteiger partial charge on any atom is -0.278 e. The number of amidine groups is 1. The lowest BCUT2D eigenvalue weighted by molar-refractivity contribution is -0.384. The monoisotopic (exact) mass is 353 g/mol. The van der Waals surface area contributed by atoms with Gasteiger partial charge in [0, 0.05) is 12.1 Å². The minimum absolute atomic E-state index is 0.00249. The summed E-state index contributed by atoms with van der Waals surface area (Å²) in [5.41, 5.74) is 3.31. The molecule has 6 nitrogen and oxygen atoms in total. The van der Waals surface area contributed by atoms with Gasteiger partial charge in [0.2, 0.25) is 0 Å². The van der Waals surface area contributed by atoms with Crippen molar-refractivity contribution >= 4 is 40.3 Å². The number of benzene rings is 2. The van der Waals surface area contributed by atoms with Crippen LogP contribution >= 0.6 is 11.8 Å². The van der Waals surface area contributed by atoms with E-state index in [9.17, 15) is 14.9 Å². The molecule has 1 amide bonds. The van der Waals surface area contributed by atoms with Crippen molar-refractivity contribution in [3.63, 3.8) is 0 Å². The van der Waals surface area contributed by atoms with Gasteiger partial charge in [0.25, 0.3) is 11.6 Å². The normalized spacial score (nSPS) is 15.9. The van der Waals surface area contributed by atoms with Gasteiger partial charge in [0.1, 0.15) is 0 Å². The van der Waals surface area contributed by atoms with Gasteiger partial charge >= 0.3 is 0 Å². The molecule has 1 saturated heterocycles. The van der Waals surface area contributed by atoms with Gasteiger partial charge < -0.3 is 0 Å². The second-order valence-corrected chi connectivity index (χ2v) is 6.73. The third kappa shape index (κ3) is 3.32. The number of nitrogens with zero attached hydrogens (tertiary/aromatic N) is 2. The molecule has 126 valence electrons. The van der Waals surface area contributed by atoms with E-state index in [0.29, 0.717) is 16.2 Å². The molecular weight excluding hydrogens is 338 g/mol. The van der Waals surface area contributed by atoms with Gasteiger partial charge in [-0.3, -0.25) is 25.2 Å². The van der Waals surface area contributed by atoms with Gasteiger partial charge in [-0.15, -0.1) is 0 Å². The standard InChI is InChI=1S/C18H15N3O3S/c1-11-3-4-12(2)15(9-11)20-17(22)16(25-18(20)19)10-13-5-7-14(8-6-13)21(23)24/h3-10,19H,1-2H3/b16-10+,19-18?. The fourth-order valence-electron chi connectivity index (χ4n) is 2.51. The smallest absolute Gasteiger partial charge is 0.271 e. The molecule has 0 radical (unpaired) electrons. The third-order valence-corrected chi connectivity index (χ3v) is 4.72. The molecule has 25 heavy (non-hydrogen) atoms. The lowest BCUT2D eigenvalue weighted by Crippen LogP contribution is -2.28. The van der Waals surface area contributed by atoms with Crippen molar-refractivity contribution in [1.82, 2.24) is 0 Å². The van der Waals surface area contributed by atoms with Crippen LogP contribution in [0, 0.1) is 29.4 Å². The van der Waals surface area contributed by atoms with Crippen LogP contribution in [0.5, 0.6) is 0 Å². The largest absolute Gasteiger partial charge is 0.278 e. The first-order valence-electron chi connectivity index (χ1n) is 7.51. The second kappa shape index (κ2) is 6.52. The fourth-order valence-corrected chi connectivity index (χ4v) is 3.36. The number of anilines is 1. The van der Waals surface area contributed by atoms with E-state index in [1.807, 2.05) is 32.0 Å². The van der Waals surface area contributed by atoms with Crippen LogP contribution in [0.25, 0.3) is 6.08 Å². The number of rotatable bonds is 3. The minimum atomic E-state index is -0.468. The van der Waals surface area contributed by atoms with Crippen LogP contribution in [0.1, 0.15) is 16.7 Å². The molecule has 0 unspecified atom stereocenters. The highest BCUT2D eigenvalue weighted by atomic mass is 32.2. The van der Waals surface area contributed by atoms with E-state index in [-0.39, 0.29) is 16.8 Å². The van der Waals surface area contributed by atoms with Gasteiger partial charge in [0.15, 0.2) is 5.17 Å². The van der Waals surface area contributed by atoms with E-state index in [2.05, 4.69) is 0 Å². The zero-order valence-corrected chi connectivity index (χ0v) is 14.5. The van der Waals surface area contributed by atoms with Crippen LogP contribution < -0.4 is 4.90 Å². The van der Waals surface area contributed by atoms with E-state index in [0.717, 1.165) is 22.9 Å². The summed E-state index contributed by atoms with van der Waals surface area (Å²) in [6, 6.07) is 11.7. The lowest BCUT2D eigenvalue weighted by atomic mass is 10.1. The molecule has 0 bridgehead atoms. The number of amides is 1. The van der Waals surface area contributed by atoms with Gasteiger partial charge in [-0.1, -0.05) is 12.1 Å². The predicted molar refractivity (Wildman–Crippen MR) is 99.8 cm³/mol. The summed E-state index contributed by atoms with van der Waals surface area (Å²) in [6.45, 7) is 3.84. The predicted octanol–water partition coefficient (Wildman–Crippen LogP) is 4.27. The first-order chi connectivity index (χ1) is 11.9. The Hall–Kier alpha value is -2.93. The summed E-state index contributed by atoms with van der Waals surface area (Å²) in [5, 5.41) is 19.0. The average Bonchev–Trinajstić information content (AvgIpc) is 2.84. The summed E-state index contributed by atoms with van der Waals surface area (Å²) in [6.07, 6.45) is 1.65. The highest BCUT2D eigenvalue weighted by molar-refractivity contribution is 8.19. The maximum absolute atomic E-state index is 12.7. The van der Waals surface area contributed by atoms with Crippen molar-refractivity contribution in [2.45, 2.75) is 13.8 Å². The highest BCUT2D eigenvalue weighted by Crippen LogP contribution is 2.36. The molecule has 1 heterocycles. The number of carbonyl (C=O) groups excluding carboxylic acids is 1. The molecule has 0 spiro atoms. The maximum atomic E-state index is 12.7. The Labute approximate surface area is 148 Å². The van der Waals surface area contributed by atoms with E-state index in [4.69, 9.17) is 5.41 Å². The Bertz CT molecular complexity index is 920. The molecule has 0 atom stereocenters. The van der Waals surface area contributed by atoms with Gasteiger partial charge in [-0.05, 0) is 66.6 Å². The topological polar surface area (TPSA) is 87.3 Å². The van der Waals surface area contributed by atoms with E-state index < -0.39 is 4.92 Å². The van der Waals surface area contributed by atoms with Gasteiger partial charge in [-0.25, -0.2) is 0 Å². The number of nitro benzene ring substituents is 1. The molecule has 1 aliphatic heterocycles. The number of non-ortho nitro benzene ring substituents is 1. The zero-order valence-electron chi connectivity index (χ0n) is 13.6. The summed E-state index contributed by atoms with van der Waals surface area (Å²) in [5.74, 6) is -0.262. The molecule has 0 saturated carbocycles. The Balaban J connectivity index is 1.93. The molecule has 2 aromatic rings. The SMILES string of the molecule is Cc1ccc(C)c(N2C(=N)S/C(=C/c3ccc([N+](=O)[O-])cc3)C2=O)c1. The number of nitro groups is 1. The summed E-state index contributed by atoms with van der Waals surface area (Å²) >= 11 is 1.08. The highest BCUT2D eigenvalue weighted by Gasteiger charge is 2.34. The van der Waals surface area contributed by atoms with Gasteiger partial charge in [0.05, 0.1) is 15.5 Å². The van der Waals surface area contributed by atoms with Crippen molar-refractivity contribution in [3.8, 4) is 0 Å². The van der Waals surface area contributed by atoms with Crippen molar-refractivity contribution < 1.29 is 9.72 Å². The number of hydrogen-bond donors (Lipinski definition) is 1. The second-order valence-electron chi connectivity index (χ2n) is 5.69. The van der Waals surface area contributed by atoms with Crippen LogP contribution in [0.2, 0.25) is 0 Å². The maximum Gasteiger partial charge on any atom is 0.271 e. The molecule has 7 heteroatoms. The molecular formula is C18H15N3O3S. The van der Waals surface area contributed by atoms with Crippen LogP contribution in [0.4, 0.5) is 11.4 Å². The van der Waals surface area contributed by atoms with Crippen LogP contribution in [-0.2, 0) is 4.79 Å². The first-order valence-corrected chi connectivity index (χ1v) is 8.33. The van der Waals surface area contributed by atoms with Crippen molar-refractivity contribution in [1.29, 1.82) is 5.41 Å². The number of aryl methyl sites for hydroxylation is 2. The van der Waals surface area contributed by atoms with Crippen molar-refractivity contribution in [3.05, 3.63) is 74.2 Å². The van der Waals surface area contributed by atoms with Crippen LogP contribution in [0.15, 0.2) is 47.4 Å². The van der Waals surface area contributed by atoms with E-state index in [1.165, 1.54) is 17.0 Å². The summed E-state index contributed by atoms with van der Waals surface area (Å²) in [4.78, 5) is 24.8. The van der Waals surface area contributed by atoms with Gasteiger partial charge in [-0.2, -0.15) is 0 Å².